The van der Waals surface area contributed by atoms with Gasteiger partial charge in [-0.15, -0.1) is 11.3 Å². The van der Waals surface area contributed by atoms with Crippen molar-refractivity contribution in [3.05, 3.63) is 32.4 Å². The predicted molar refractivity (Wildman–Crippen MR) is 99.4 cm³/mol. The van der Waals surface area contributed by atoms with E-state index in [1.807, 2.05) is 39.1 Å². The number of rotatable bonds is 0. The fraction of sp³-hybridized carbons (Fsp3) is 0.267. The highest BCUT2D eigenvalue weighted by Gasteiger charge is 2.23. The fourth-order valence-electron chi connectivity index (χ4n) is 2.17. The summed E-state index contributed by atoms with van der Waals surface area (Å²) in [4.78, 5) is 13.3. The Balaban J connectivity index is 2.24. The topological polar surface area (TPSA) is 31.2 Å². The second kappa shape index (κ2) is 5.24. The third kappa shape index (κ3) is 2.73. The molecule has 3 rings (SSSR count). The molecule has 0 amide bonds. The van der Waals surface area contributed by atoms with Crippen molar-refractivity contribution in [1.29, 1.82) is 0 Å². The summed E-state index contributed by atoms with van der Waals surface area (Å²) < 4.78 is 10.4. The monoisotopic (exact) mass is 477 g/mol. The minimum atomic E-state index is -0.504. The van der Waals surface area contributed by atoms with E-state index in [9.17, 15) is 4.79 Å². The van der Waals surface area contributed by atoms with Gasteiger partial charge in [-0.05, 0) is 55.5 Å². The van der Waals surface area contributed by atoms with Crippen molar-refractivity contribution in [1.82, 2.24) is 4.57 Å². The molecule has 3 nitrogen and oxygen atoms in total. The SMILES string of the molecule is CC(C)(C)OC(=O)n1cc(I)c2c3c(Br)cccc3sc21. The van der Waals surface area contributed by atoms with Crippen LogP contribution in [0.2, 0.25) is 0 Å². The average Bonchev–Trinajstić information content (AvgIpc) is 2.86. The number of aromatic nitrogens is 1. The van der Waals surface area contributed by atoms with E-state index in [1.54, 1.807) is 15.9 Å². The lowest BCUT2D eigenvalue weighted by molar-refractivity contribution is 0.0545. The largest absolute Gasteiger partial charge is 0.443 e. The maximum atomic E-state index is 12.4. The summed E-state index contributed by atoms with van der Waals surface area (Å²) >= 11 is 7.48. The number of thiophene rings is 1. The molecule has 110 valence electrons. The van der Waals surface area contributed by atoms with Crippen LogP contribution in [0.1, 0.15) is 20.8 Å². The van der Waals surface area contributed by atoms with Crippen molar-refractivity contribution in [3.63, 3.8) is 0 Å². The molecule has 3 aromatic rings. The molecule has 0 aliphatic rings. The van der Waals surface area contributed by atoms with Gasteiger partial charge in [0.05, 0.1) is 0 Å². The van der Waals surface area contributed by atoms with E-state index in [4.69, 9.17) is 4.74 Å². The molecule has 0 saturated carbocycles. The van der Waals surface area contributed by atoms with E-state index in [1.165, 1.54) is 0 Å². The van der Waals surface area contributed by atoms with Crippen molar-refractivity contribution in [2.24, 2.45) is 0 Å². The first-order valence-corrected chi connectivity index (χ1v) is 9.07. The minimum absolute atomic E-state index is 0.335. The highest BCUT2D eigenvalue weighted by molar-refractivity contribution is 14.1. The highest BCUT2D eigenvalue weighted by atomic mass is 127. The Morgan fingerprint density at radius 1 is 1.33 bits per heavy atom. The molecule has 0 aliphatic heterocycles. The van der Waals surface area contributed by atoms with Crippen molar-refractivity contribution in [3.8, 4) is 0 Å². The molecule has 2 heterocycles. The fourth-order valence-corrected chi connectivity index (χ4v) is 5.06. The summed E-state index contributed by atoms with van der Waals surface area (Å²) in [6.07, 6.45) is 1.51. The summed E-state index contributed by atoms with van der Waals surface area (Å²) in [5, 5.41) is 2.26. The van der Waals surface area contributed by atoms with E-state index < -0.39 is 5.60 Å². The van der Waals surface area contributed by atoms with Gasteiger partial charge in [-0.2, -0.15) is 0 Å². The van der Waals surface area contributed by atoms with Gasteiger partial charge in [-0.25, -0.2) is 9.36 Å². The number of hydrogen-bond acceptors (Lipinski definition) is 3. The predicted octanol–water partition coefficient (Wildman–Crippen LogP) is 6.01. The summed E-state index contributed by atoms with van der Waals surface area (Å²) in [6.45, 7) is 5.62. The third-order valence-electron chi connectivity index (χ3n) is 2.94. The smallest absolute Gasteiger partial charge is 0.419 e. The number of carbonyl (C=O) groups excluding carboxylic acids is 1. The molecule has 0 spiro atoms. The van der Waals surface area contributed by atoms with Crippen LogP contribution in [0.4, 0.5) is 4.79 Å². The van der Waals surface area contributed by atoms with Gasteiger partial charge in [0.1, 0.15) is 10.4 Å². The number of halogens is 2. The summed E-state index contributed by atoms with van der Waals surface area (Å²) in [5.41, 5.74) is -0.504. The van der Waals surface area contributed by atoms with Gasteiger partial charge in [0.15, 0.2) is 0 Å². The third-order valence-corrected chi connectivity index (χ3v) is 5.57. The van der Waals surface area contributed by atoms with E-state index >= 15 is 0 Å². The van der Waals surface area contributed by atoms with Gasteiger partial charge in [-0.3, -0.25) is 0 Å². The zero-order valence-corrected chi connectivity index (χ0v) is 16.3. The average molecular weight is 478 g/mol. The molecule has 6 heteroatoms. The zero-order valence-electron chi connectivity index (χ0n) is 11.7. The van der Waals surface area contributed by atoms with E-state index in [2.05, 4.69) is 44.6 Å². The van der Waals surface area contributed by atoms with Crippen LogP contribution >= 0.6 is 49.9 Å². The Morgan fingerprint density at radius 3 is 2.71 bits per heavy atom. The van der Waals surface area contributed by atoms with Crippen LogP contribution in [0.3, 0.4) is 0 Å². The Hall–Kier alpha value is -0.600. The second-order valence-electron chi connectivity index (χ2n) is 5.72. The van der Waals surface area contributed by atoms with E-state index in [0.717, 1.165) is 28.3 Å². The molecule has 0 N–H and O–H groups in total. The van der Waals surface area contributed by atoms with Gasteiger partial charge >= 0.3 is 6.09 Å². The van der Waals surface area contributed by atoms with Crippen LogP contribution in [0.5, 0.6) is 0 Å². The Kier molecular flexibility index (Phi) is 3.82. The van der Waals surface area contributed by atoms with Gasteiger partial charge in [0, 0.05) is 29.7 Å². The lowest BCUT2D eigenvalue weighted by Gasteiger charge is -2.19. The van der Waals surface area contributed by atoms with Crippen LogP contribution in [0.15, 0.2) is 28.9 Å². The van der Waals surface area contributed by atoms with Gasteiger partial charge in [-0.1, -0.05) is 22.0 Å². The first-order valence-electron chi connectivity index (χ1n) is 6.39. The Bertz CT molecular complexity index is 860. The van der Waals surface area contributed by atoms with Crippen molar-refractivity contribution < 1.29 is 9.53 Å². The molecule has 21 heavy (non-hydrogen) atoms. The molecule has 0 radical (unpaired) electrons. The van der Waals surface area contributed by atoms with Gasteiger partial charge < -0.3 is 4.74 Å². The first kappa shape index (κ1) is 15.3. The highest BCUT2D eigenvalue weighted by Crippen LogP contribution is 2.41. The molecule has 1 aromatic carbocycles. The molecule has 0 aliphatic carbocycles. The molecular formula is C15H13BrINO2S. The van der Waals surface area contributed by atoms with Crippen molar-refractivity contribution in [2.45, 2.75) is 26.4 Å². The first-order chi connectivity index (χ1) is 9.78. The lowest BCUT2D eigenvalue weighted by Crippen LogP contribution is -2.26. The van der Waals surface area contributed by atoms with Crippen LogP contribution in [-0.4, -0.2) is 16.3 Å². The lowest BCUT2D eigenvalue weighted by atomic mass is 10.2. The molecule has 2 aromatic heterocycles. The Labute approximate surface area is 148 Å². The van der Waals surface area contributed by atoms with Crippen molar-refractivity contribution >= 4 is 76.3 Å². The summed E-state index contributed by atoms with van der Waals surface area (Å²) in [7, 11) is 0. The summed E-state index contributed by atoms with van der Waals surface area (Å²) in [5.74, 6) is 0. The van der Waals surface area contributed by atoms with E-state index in [0.29, 0.717) is 0 Å². The molecule has 0 fully saturated rings. The number of nitrogens with zero attached hydrogens (tertiary/aromatic N) is 1. The number of carbonyl (C=O) groups is 1. The Morgan fingerprint density at radius 2 is 2.05 bits per heavy atom. The van der Waals surface area contributed by atoms with Crippen LogP contribution in [0.25, 0.3) is 20.3 Å². The van der Waals surface area contributed by atoms with Crippen molar-refractivity contribution in [2.75, 3.05) is 0 Å². The number of ether oxygens (including phenoxy) is 1. The quantitative estimate of drug-likeness (QED) is 0.371. The molecule has 0 bridgehead atoms. The summed E-state index contributed by atoms with van der Waals surface area (Å²) in [6, 6.07) is 6.10. The number of benzene rings is 1. The standard InChI is InChI=1S/C15H13BrINO2S/c1-15(2,3)20-14(19)18-7-9(17)12-11-8(16)5-4-6-10(11)21-13(12)18/h4-7H,1-3H3. The maximum absolute atomic E-state index is 12.4. The molecule has 0 unspecified atom stereocenters. The number of hydrogen-bond donors (Lipinski definition) is 0. The van der Waals surface area contributed by atoms with Crippen LogP contribution < -0.4 is 0 Å². The van der Waals surface area contributed by atoms with Gasteiger partial charge in [0.25, 0.3) is 0 Å². The number of fused-ring (bicyclic) bond motifs is 3. The maximum Gasteiger partial charge on any atom is 0.419 e. The van der Waals surface area contributed by atoms with Crippen LogP contribution in [-0.2, 0) is 4.74 Å². The molecule has 0 saturated heterocycles. The normalized spacial score (nSPS) is 12.2. The minimum Gasteiger partial charge on any atom is -0.443 e. The van der Waals surface area contributed by atoms with Gasteiger partial charge in [0.2, 0.25) is 0 Å². The van der Waals surface area contributed by atoms with E-state index in [-0.39, 0.29) is 6.09 Å². The zero-order chi connectivity index (χ0) is 15.4. The molecule has 0 atom stereocenters. The molecular weight excluding hydrogens is 465 g/mol. The second-order valence-corrected chi connectivity index (χ2v) is 8.77. The van der Waals surface area contributed by atoms with Crippen LogP contribution in [0, 0.1) is 3.57 Å².